The van der Waals surface area contributed by atoms with E-state index in [9.17, 15) is 13.2 Å². The smallest absolute Gasteiger partial charge is 0.235 e. The van der Waals surface area contributed by atoms with Crippen molar-refractivity contribution < 1.29 is 17.9 Å². The molecule has 210 valence electrons. The van der Waals surface area contributed by atoms with Crippen LogP contribution in [0.5, 0.6) is 11.5 Å². The normalized spacial score (nSPS) is 13.2. The Labute approximate surface area is 240 Å². The zero-order valence-corrected chi connectivity index (χ0v) is 24.0. The van der Waals surface area contributed by atoms with E-state index >= 15 is 0 Å². The lowest BCUT2D eigenvalue weighted by molar-refractivity contribution is -0.118. The minimum Gasteiger partial charge on any atom is -0.457 e. The zero-order chi connectivity index (χ0) is 27.4. The molecule has 5 rings (SSSR count). The van der Waals surface area contributed by atoms with Crippen molar-refractivity contribution in [1.29, 1.82) is 0 Å². The molecule has 1 amide bonds. The molecule has 2 heterocycles. The van der Waals surface area contributed by atoms with Crippen LogP contribution in [0.3, 0.4) is 0 Å². The summed E-state index contributed by atoms with van der Waals surface area (Å²) in [7, 11) is -3.37. The molecule has 9 nitrogen and oxygen atoms in total. The molecule has 0 radical (unpaired) electrons. The maximum atomic E-state index is 11.9. The number of halogens is 1. The van der Waals surface area contributed by atoms with E-state index in [0.717, 1.165) is 51.5 Å². The molecule has 2 N–H and O–H groups in total. The van der Waals surface area contributed by atoms with Crippen LogP contribution in [0.4, 0.5) is 11.5 Å². The van der Waals surface area contributed by atoms with Crippen LogP contribution in [0.15, 0.2) is 67.1 Å². The number of aromatic nitrogens is 3. The maximum absolute atomic E-state index is 11.9. The van der Waals surface area contributed by atoms with Gasteiger partial charge in [0.1, 0.15) is 29.1 Å². The second-order valence-corrected chi connectivity index (χ2v) is 12.0. The van der Waals surface area contributed by atoms with Gasteiger partial charge in [-0.3, -0.25) is 4.79 Å². The van der Waals surface area contributed by atoms with E-state index in [1.54, 1.807) is 0 Å². The van der Waals surface area contributed by atoms with Crippen molar-refractivity contribution in [1.82, 2.24) is 19.9 Å². The fraction of sp³-hybridized carbons (Fsp3) is 0.276. The molecular weight excluding hydrogens is 550 g/mol. The van der Waals surface area contributed by atoms with Crippen molar-refractivity contribution in [3.63, 3.8) is 0 Å². The average Bonchev–Trinajstić information content (AvgIpc) is 3.62. The van der Waals surface area contributed by atoms with Gasteiger partial charge in [-0.2, -0.15) is 0 Å². The highest BCUT2D eigenvalue weighted by Gasteiger charge is 2.17. The van der Waals surface area contributed by atoms with Crippen LogP contribution in [-0.4, -0.2) is 47.4 Å². The van der Waals surface area contributed by atoms with Gasteiger partial charge in [0.15, 0.2) is 15.7 Å². The predicted octanol–water partition coefficient (Wildman–Crippen LogP) is 5.28. The summed E-state index contributed by atoms with van der Waals surface area (Å²) in [4.78, 5) is 20.6. The number of carbonyl (C=O) groups is 1. The molecule has 1 saturated carbocycles. The Kier molecular flexibility index (Phi) is 9.11. The molecule has 4 aromatic rings. The van der Waals surface area contributed by atoms with Gasteiger partial charge in [0, 0.05) is 31.2 Å². The molecule has 0 spiro atoms. The van der Waals surface area contributed by atoms with E-state index in [1.807, 2.05) is 60.2 Å². The number of rotatable bonds is 11. The van der Waals surface area contributed by atoms with Crippen LogP contribution in [0.2, 0.25) is 0 Å². The monoisotopic (exact) mass is 581 g/mol. The number of allylic oxidation sites excluding steroid dienone is 1. The predicted molar refractivity (Wildman–Crippen MR) is 160 cm³/mol. The highest BCUT2D eigenvalue weighted by Crippen LogP contribution is 2.32. The van der Waals surface area contributed by atoms with E-state index in [4.69, 9.17) is 4.74 Å². The number of carbonyl (C=O) groups excluding carboxylic acids is 1. The number of nitrogens with one attached hydrogen (secondary N) is 2. The Morgan fingerprint density at radius 1 is 1.15 bits per heavy atom. The van der Waals surface area contributed by atoms with Crippen LogP contribution in [0, 0.1) is 12.8 Å². The molecule has 0 saturated heterocycles. The summed E-state index contributed by atoms with van der Waals surface area (Å²) >= 11 is 0. The highest BCUT2D eigenvalue weighted by atomic mass is 35.5. The largest absolute Gasteiger partial charge is 0.457 e. The van der Waals surface area contributed by atoms with Crippen molar-refractivity contribution in [3.05, 3.63) is 78.3 Å². The molecule has 1 aliphatic carbocycles. The summed E-state index contributed by atoms with van der Waals surface area (Å²) in [5.74, 6) is 1.85. The number of amides is 1. The first-order valence-corrected chi connectivity index (χ1v) is 14.9. The third-order valence-corrected chi connectivity index (χ3v) is 7.11. The van der Waals surface area contributed by atoms with Gasteiger partial charge in [-0.25, -0.2) is 18.4 Å². The first-order valence-electron chi connectivity index (χ1n) is 12.8. The number of hydrogen-bond acceptors (Lipinski definition) is 7. The second kappa shape index (κ2) is 12.5. The fourth-order valence-electron chi connectivity index (χ4n) is 4.24. The van der Waals surface area contributed by atoms with Gasteiger partial charge in [-0.1, -0.05) is 24.3 Å². The van der Waals surface area contributed by atoms with E-state index in [2.05, 4.69) is 38.8 Å². The highest BCUT2D eigenvalue weighted by molar-refractivity contribution is 7.91. The van der Waals surface area contributed by atoms with E-state index < -0.39 is 21.5 Å². The molecule has 0 atom stereocenters. The summed E-state index contributed by atoms with van der Waals surface area (Å²) in [6.45, 7) is 2.70. The van der Waals surface area contributed by atoms with Crippen molar-refractivity contribution in [2.24, 2.45) is 5.92 Å². The Bertz CT molecular complexity index is 1650. The molecule has 1 fully saturated rings. The summed E-state index contributed by atoms with van der Waals surface area (Å²) in [6.07, 6.45) is 11.4. The Hall–Kier alpha value is -3.89. The first kappa shape index (κ1) is 29.1. The lowest BCUT2D eigenvalue weighted by Gasteiger charge is -2.13. The van der Waals surface area contributed by atoms with Crippen molar-refractivity contribution in [2.45, 2.75) is 26.3 Å². The van der Waals surface area contributed by atoms with Crippen molar-refractivity contribution in [2.75, 3.05) is 23.9 Å². The Balaban J connectivity index is 0.00000370. The number of ether oxygens (including phenoxy) is 1. The molecule has 0 bridgehead atoms. The van der Waals surface area contributed by atoms with Gasteiger partial charge < -0.3 is 19.9 Å². The Morgan fingerprint density at radius 3 is 2.73 bits per heavy atom. The van der Waals surface area contributed by atoms with Gasteiger partial charge in [0.25, 0.3) is 0 Å². The van der Waals surface area contributed by atoms with Crippen LogP contribution >= 0.6 is 12.4 Å². The van der Waals surface area contributed by atoms with Gasteiger partial charge in [-0.15, -0.1) is 12.4 Å². The fourth-order valence-corrected chi connectivity index (χ4v) is 4.82. The zero-order valence-electron chi connectivity index (χ0n) is 22.3. The molecule has 40 heavy (non-hydrogen) atoms. The van der Waals surface area contributed by atoms with Gasteiger partial charge in [-0.05, 0) is 73.2 Å². The van der Waals surface area contributed by atoms with Gasteiger partial charge in [0.05, 0.1) is 5.52 Å². The molecule has 11 heteroatoms. The quantitative estimate of drug-likeness (QED) is 0.247. The molecular formula is C29H32ClN5O4S. The summed E-state index contributed by atoms with van der Waals surface area (Å²) in [5, 5.41) is 6.02. The third kappa shape index (κ3) is 7.83. The molecule has 2 aromatic heterocycles. The number of aryl methyl sites for hydroxylation is 1. The van der Waals surface area contributed by atoms with Crippen molar-refractivity contribution in [3.8, 4) is 11.5 Å². The lowest BCUT2D eigenvalue weighted by atomic mass is 10.1. The number of sulfone groups is 1. The van der Waals surface area contributed by atoms with Crippen LogP contribution in [0.1, 0.15) is 24.0 Å². The molecule has 0 unspecified atom stereocenters. The third-order valence-electron chi connectivity index (χ3n) is 6.32. The summed E-state index contributed by atoms with van der Waals surface area (Å²) < 4.78 is 30.8. The SMILES string of the molecule is Cc1cc(Nc2ncnc3ccn(CCNC(=O)CS(C)(=O)=O)c23)ccc1Oc1cccc(/C=C/C2CC2)c1.Cl. The van der Waals surface area contributed by atoms with Crippen LogP contribution in [0.25, 0.3) is 17.1 Å². The number of fused-ring (bicyclic) bond motifs is 1. The van der Waals surface area contributed by atoms with Gasteiger partial charge >= 0.3 is 0 Å². The van der Waals surface area contributed by atoms with Crippen LogP contribution in [-0.2, 0) is 21.2 Å². The lowest BCUT2D eigenvalue weighted by Crippen LogP contribution is -2.32. The Morgan fingerprint density at radius 2 is 1.98 bits per heavy atom. The number of nitrogens with zero attached hydrogens (tertiary/aromatic N) is 3. The summed E-state index contributed by atoms with van der Waals surface area (Å²) in [6, 6.07) is 15.8. The van der Waals surface area contributed by atoms with E-state index in [0.29, 0.717) is 12.4 Å². The number of benzene rings is 2. The van der Waals surface area contributed by atoms with Gasteiger partial charge in [0.2, 0.25) is 5.91 Å². The van der Waals surface area contributed by atoms with Crippen molar-refractivity contribution >= 4 is 56.8 Å². The number of hydrogen-bond donors (Lipinski definition) is 2. The van der Waals surface area contributed by atoms with E-state index in [1.165, 1.54) is 19.2 Å². The van der Waals surface area contributed by atoms with Crippen LogP contribution < -0.4 is 15.4 Å². The molecule has 1 aliphatic rings. The standard InChI is InChI=1S/C29H31N5O4S.ClH/c1-20-16-23(10-11-26(20)38-24-5-3-4-22(17-24)9-8-21-6-7-21)33-29-28-25(31-19-32-29)12-14-34(28)15-13-30-27(35)18-39(2,36)37;/h3-5,8-12,14,16-17,19,21H,6-7,13,15,18H2,1-2H3,(H,30,35)(H,31,32,33);1H/b9-8+;. The number of anilines is 2. The molecule has 2 aromatic carbocycles. The maximum Gasteiger partial charge on any atom is 0.235 e. The average molecular weight is 582 g/mol. The summed E-state index contributed by atoms with van der Waals surface area (Å²) in [5.41, 5.74) is 4.47. The molecule has 0 aliphatic heterocycles. The van der Waals surface area contributed by atoms with E-state index in [-0.39, 0.29) is 19.0 Å². The second-order valence-electron chi connectivity index (χ2n) is 9.86. The topological polar surface area (TPSA) is 115 Å². The first-order chi connectivity index (χ1) is 18.7. The minimum absolute atomic E-state index is 0. The minimum atomic E-state index is -3.37.